The maximum Gasteiger partial charge on any atom is 0.259 e. The highest BCUT2D eigenvalue weighted by atomic mass is 32.1. The summed E-state index contributed by atoms with van der Waals surface area (Å²) >= 11 is 1.39. The topological polar surface area (TPSA) is 89.6 Å². The second kappa shape index (κ2) is 4.82. The molecule has 0 aliphatic rings. The van der Waals surface area contributed by atoms with Gasteiger partial charge in [-0.15, -0.1) is 11.3 Å². The minimum absolute atomic E-state index is 0.162. The lowest BCUT2D eigenvalue weighted by Gasteiger charge is -1.87. The monoisotopic (exact) mass is 204 g/mol. The molecule has 5 nitrogen and oxygen atoms in total. The molecule has 0 fully saturated rings. The third kappa shape index (κ3) is 2.45. The van der Waals surface area contributed by atoms with Gasteiger partial charge in [-0.05, 0) is 28.2 Å². The zero-order chi connectivity index (χ0) is 10.4. The van der Waals surface area contributed by atoms with Gasteiger partial charge in [0.2, 0.25) is 0 Å². The van der Waals surface area contributed by atoms with Crippen LogP contribution in [0.2, 0.25) is 0 Å². The number of thiophene rings is 1. The summed E-state index contributed by atoms with van der Waals surface area (Å²) in [6.45, 7) is 0. The fourth-order valence-corrected chi connectivity index (χ4v) is 1.41. The van der Waals surface area contributed by atoms with Crippen LogP contribution in [-0.4, -0.2) is 5.91 Å². The van der Waals surface area contributed by atoms with Crippen molar-refractivity contribution in [2.24, 2.45) is 5.11 Å². The highest BCUT2D eigenvalue weighted by molar-refractivity contribution is 7.10. The quantitative estimate of drug-likeness (QED) is 0.243. The summed E-state index contributed by atoms with van der Waals surface area (Å²) < 4.78 is 0. The Balaban J connectivity index is 2.99. The molecule has 0 saturated carbocycles. The number of hydrogen-bond acceptors (Lipinski definition) is 3. The molecule has 0 N–H and O–H groups in total. The Morgan fingerprint density at radius 1 is 1.79 bits per heavy atom. The molecule has 0 radical (unpaired) electrons. The van der Waals surface area contributed by atoms with Gasteiger partial charge in [-0.25, -0.2) is 0 Å². The van der Waals surface area contributed by atoms with Crippen molar-refractivity contribution >= 4 is 23.3 Å². The molecule has 6 heteroatoms. The lowest BCUT2D eigenvalue weighted by molar-refractivity contribution is -0.114. The van der Waals surface area contributed by atoms with Crippen molar-refractivity contribution in [2.45, 2.75) is 0 Å². The second-order valence-electron chi connectivity index (χ2n) is 2.18. The van der Waals surface area contributed by atoms with Gasteiger partial charge in [0.25, 0.3) is 5.91 Å². The van der Waals surface area contributed by atoms with E-state index in [-0.39, 0.29) is 5.57 Å². The van der Waals surface area contributed by atoms with Crippen molar-refractivity contribution in [2.75, 3.05) is 0 Å². The van der Waals surface area contributed by atoms with E-state index in [1.54, 1.807) is 18.2 Å². The number of amides is 1. The van der Waals surface area contributed by atoms with Gasteiger partial charge in [-0.2, -0.15) is 5.26 Å². The Bertz CT molecular complexity index is 448. The largest absolute Gasteiger partial charge is 0.286 e. The Morgan fingerprint density at radius 2 is 2.57 bits per heavy atom. The van der Waals surface area contributed by atoms with E-state index in [0.717, 1.165) is 4.88 Å². The van der Waals surface area contributed by atoms with E-state index in [4.69, 9.17) is 10.8 Å². The number of nitriles is 1. The third-order valence-corrected chi connectivity index (χ3v) is 2.14. The van der Waals surface area contributed by atoms with Crippen LogP contribution in [0.4, 0.5) is 0 Å². The fraction of sp³-hybridized carbons (Fsp3) is 0. The molecule has 1 amide bonds. The molecule has 68 valence electrons. The number of azide groups is 1. The standard InChI is InChI=1S/C8H4N4OS/c9-5-6(8(13)11-12-10)4-7-2-1-3-14-7/h1-4H/b6-4+. The van der Waals surface area contributed by atoms with Crippen molar-refractivity contribution in [3.63, 3.8) is 0 Å². The molecule has 0 spiro atoms. The third-order valence-electron chi connectivity index (χ3n) is 1.32. The van der Waals surface area contributed by atoms with Gasteiger partial charge in [0.15, 0.2) is 0 Å². The molecule has 14 heavy (non-hydrogen) atoms. The summed E-state index contributed by atoms with van der Waals surface area (Å²) in [6, 6.07) is 5.23. The van der Waals surface area contributed by atoms with Crippen LogP contribution in [0.1, 0.15) is 4.88 Å². The first kappa shape index (κ1) is 9.99. The van der Waals surface area contributed by atoms with E-state index in [2.05, 4.69) is 10.0 Å². The Kier molecular flexibility index (Phi) is 3.44. The zero-order valence-electron chi connectivity index (χ0n) is 6.91. The molecule has 0 aromatic carbocycles. The molecule has 0 bridgehead atoms. The van der Waals surface area contributed by atoms with Crippen LogP contribution >= 0.6 is 11.3 Å². The van der Waals surface area contributed by atoms with Crippen molar-refractivity contribution in [3.8, 4) is 6.07 Å². The van der Waals surface area contributed by atoms with Gasteiger partial charge in [0.1, 0.15) is 11.6 Å². The summed E-state index contributed by atoms with van der Waals surface area (Å²) in [7, 11) is 0. The minimum Gasteiger partial charge on any atom is -0.286 e. The first-order chi connectivity index (χ1) is 6.77. The first-order valence-corrected chi connectivity index (χ1v) is 4.40. The molecule has 1 rings (SSSR count). The lowest BCUT2D eigenvalue weighted by Crippen LogP contribution is -1.93. The smallest absolute Gasteiger partial charge is 0.259 e. The predicted octanol–water partition coefficient (Wildman–Crippen LogP) is 2.49. The molecule has 0 unspecified atom stereocenters. The summed E-state index contributed by atoms with van der Waals surface area (Å²) in [5, 5.41) is 13.3. The molecular weight excluding hydrogens is 200 g/mol. The van der Waals surface area contributed by atoms with E-state index in [1.165, 1.54) is 17.4 Å². The minimum atomic E-state index is -0.858. The second-order valence-corrected chi connectivity index (χ2v) is 3.16. The summed E-state index contributed by atoms with van der Waals surface area (Å²) in [6.07, 6.45) is 1.39. The molecule has 1 heterocycles. The van der Waals surface area contributed by atoms with Gasteiger partial charge in [-0.3, -0.25) is 4.79 Å². The summed E-state index contributed by atoms with van der Waals surface area (Å²) in [5.74, 6) is -0.858. The maximum atomic E-state index is 11.0. The Hall–Kier alpha value is -2.09. The Morgan fingerprint density at radius 3 is 3.07 bits per heavy atom. The van der Waals surface area contributed by atoms with Gasteiger partial charge >= 0.3 is 0 Å². The number of rotatable bonds is 2. The highest BCUT2D eigenvalue weighted by Gasteiger charge is 2.06. The van der Waals surface area contributed by atoms with Crippen LogP contribution in [0.3, 0.4) is 0 Å². The van der Waals surface area contributed by atoms with E-state index in [1.807, 2.05) is 5.38 Å². The van der Waals surface area contributed by atoms with Crippen molar-refractivity contribution in [1.82, 2.24) is 0 Å². The lowest BCUT2D eigenvalue weighted by atomic mass is 10.2. The van der Waals surface area contributed by atoms with E-state index < -0.39 is 5.91 Å². The first-order valence-electron chi connectivity index (χ1n) is 3.52. The zero-order valence-corrected chi connectivity index (χ0v) is 7.73. The molecule has 0 atom stereocenters. The fourth-order valence-electron chi connectivity index (χ4n) is 0.752. The average Bonchev–Trinajstić information content (AvgIpc) is 2.66. The highest BCUT2D eigenvalue weighted by Crippen LogP contribution is 2.13. The number of hydrogen-bond donors (Lipinski definition) is 0. The molecule has 1 aromatic heterocycles. The average molecular weight is 204 g/mol. The molecule has 0 saturated heterocycles. The van der Waals surface area contributed by atoms with Gasteiger partial charge < -0.3 is 0 Å². The summed E-state index contributed by atoms with van der Waals surface area (Å²) in [4.78, 5) is 14.1. The predicted molar refractivity (Wildman–Crippen MR) is 52.1 cm³/mol. The normalized spacial score (nSPS) is 10.1. The van der Waals surface area contributed by atoms with Gasteiger partial charge in [-0.1, -0.05) is 6.07 Å². The van der Waals surface area contributed by atoms with Crippen LogP contribution in [0, 0.1) is 11.3 Å². The number of nitrogens with zero attached hydrogens (tertiary/aromatic N) is 4. The molecule has 0 aliphatic heterocycles. The van der Waals surface area contributed by atoms with E-state index >= 15 is 0 Å². The summed E-state index contributed by atoms with van der Waals surface area (Å²) in [5.41, 5.74) is 7.85. The maximum absolute atomic E-state index is 11.0. The van der Waals surface area contributed by atoms with Crippen LogP contribution in [0.5, 0.6) is 0 Å². The van der Waals surface area contributed by atoms with Crippen LogP contribution in [-0.2, 0) is 4.79 Å². The van der Waals surface area contributed by atoms with Crippen LogP contribution in [0.25, 0.3) is 16.5 Å². The van der Waals surface area contributed by atoms with Gasteiger partial charge in [0.05, 0.1) is 0 Å². The molecular formula is C8H4N4OS. The van der Waals surface area contributed by atoms with Crippen LogP contribution in [0.15, 0.2) is 28.2 Å². The van der Waals surface area contributed by atoms with Crippen molar-refractivity contribution < 1.29 is 4.79 Å². The van der Waals surface area contributed by atoms with Crippen molar-refractivity contribution in [3.05, 3.63) is 38.4 Å². The molecule has 1 aromatic rings. The Labute approximate surface area is 83.5 Å². The van der Waals surface area contributed by atoms with Crippen molar-refractivity contribution in [1.29, 1.82) is 5.26 Å². The van der Waals surface area contributed by atoms with E-state index in [0.29, 0.717) is 0 Å². The van der Waals surface area contributed by atoms with Gasteiger partial charge in [0, 0.05) is 9.79 Å². The SMILES string of the molecule is N#C/C(=C\c1cccs1)C(=O)N=[N+]=[N-]. The number of carbonyl (C=O) groups is 1. The molecule has 0 aliphatic carbocycles. The number of carbonyl (C=O) groups excluding carboxylic acids is 1. The van der Waals surface area contributed by atoms with Crippen LogP contribution < -0.4 is 0 Å². The van der Waals surface area contributed by atoms with E-state index in [9.17, 15) is 4.79 Å².